The van der Waals surface area contributed by atoms with E-state index in [-0.39, 0.29) is 5.91 Å². The normalized spacial score (nSPS) is 15.7. The van der Waals surface area contributed by atoms with Gasteiger partial charge in [-0.2, -0.15) is 0 Å². The van der Waals surface area contributed by atoms with Crippen LogP contribution in [0.15, 0.2) is 18.5 Å². The summed E-state index contributed by atoms with van der Waals surface area (Å²) in [5.41, 5.74) is 6.63. The smallest absolute Gasteiger partial charge is 0.254 e. The topological polar surface area (TPSA) is 68.0 Å². The van der Waals surface area contributed by atoms with Gasteiger partial charge in [0.2, 0.25) is 0 Å². The van der Waals surface area contributed by atoms with E-state index in [0.29, 0.717) is 17.2 Å². The molecule has 1 amide bonds. The summed E-state index contributed by atoms with van der Waals surface area (Å²) in [6, 6.07) is 1.64. The van der Waals surface area contributed by atoms with E-state index < -0.39 is 0 Å². The Labute approximate surface area is 88.9 Å². The maximum absolute atomic E-state index is 11.7. The molecule has 1 aliphatic carbocycles. The molecule has 80 valence electrons. The van der Waals surface area contributed by atoms with Crippen molar-refractivity contribution in [1.29, 1.82) is 0 Å². The number of aromatic nitrogens is 1. The molecule has 1 aliphatic rings. The van der Waals surface area contributed by atoms with Gasteiger partial charge >= 0.3 is 0 Å². The van der Waals surface area contributed by atoms with Crippen LogP contribution in [0.4, 0.5) is 5.69 Å². The number of carbonyl (C=O) groups excluding carboxylic acids is 1. The fraction of sp³-hybridized carbons (Fsp3) is 0.455. The lowest BCUT2D eigenvalue weighted by Gasteiger charge is -2.25. The number of hydrogen-bond acceptors (Lipinski definition) is 3. The van der Waals surface area contributed by atoms with Gasteiger partial charge in [0.25, 0.3) is 5.91 Å². The molecular weight excluding hydrogens is 190 g/mol. The highest BCUT2D eigenvalue weighted by Crippen LogP contribution is 2.25. The van der Waals surface area contributed by atoms with Gasteiger partial charge in [-0.1, -0.05) is 6.42 Å². The summed E-state index contributed by atoms with van der Waals surface area (Å²) < 4.78 is 0. The molecule has 2 rings (SSSR count). The Kier molecular flexibility index (Phi) is 2.85. The van der Waals surface area contributed by atoms with Gasteiger partial charge in [0, 0.05) is 24.6 Å². The number of nitrogens with two attached hydrogens (primary N) is 1. The van der Waals surface area contributed by atoms with Crippen molar-refractivity contribution in [3.05, 3.63) is 24.0 Å². The molecule has 0 aromatic carbocycles. The summed E-state index contributed by atoms with van der Waals surface area (Å²) in [6.45, 7) is 0.757. The number of nitrogens with zero attached hydrogens (tertiary/aromatic N) is 1. The lowest BCUT2D eigenvalue weighted by molar-refractivity contribution is 0.0939. The van der Waals surface area contributed by atoms with E-state index in [1.165, 1.54) is 25.5 Å². The number of hydrogen-bond donors (Lipinski definition) is 2. The zero-order valence-electron chi connectivity index (χ0n) is 8.57. The van der Waals surface area contributed by atoms with E-state index in [4.69, 9.17) is 5.73 Å². The van der Waals surface area contributed by atoms with Gasteiger partial charge in [-0.15, -0.1) is 0 Å². The van der Waals surface area contributed by atoms with Crippen LogP contribution in [0.25, 0.3) is 0 Å². The second kappa shape index (κ2) is 4.29. The molecule has 0 radical (unpaired) electrons. The molecule has 1 fully saturated rings. The Bertz CT molecular complexity index is 361. The molecule has 4 nitrogen and oxygen atoms in total. The molecule has 0 unspecified atom stereocenters. The standard InChI is InChI=1S/C11H15N3O/c12-10-4-5-13-7-9(10)11(15)14-6-8-2-1-3-8/h4-5,7-8H,1-3,6H2,(H2,12,13)(H,14,15). The molecule has 0 saturated heterocycles. The molecular formula is C11H15N3O. The summed E-state index contributed by atoms with van der Waals surface area (Å²) in [7, 11) is 0. The number of anilines is 1. The largest absolute Gasteiger partial charge is 0.398 e. The van der Waals surface area contributed by atoms with Crippen LogP contribution in [0.5, 0.6) is 0 Å². The number of nitrogen functional groups attached to an aromatic ring is 1. The summed E-state index contributed by atoms with van der Waals surface area (Å²) in [5, 5.41) is 2.88. The average molecular weight is 205 g/mol. The number of amides is 1. The van der Waals surface area contributed by atoms with E-state index in [9.17, 15) is 4.79 Å². The summed E-state index contributed by atoms with van der Waals surface area (Å²) in [5.74, 6) is 0.541. The first-order valence-corrected chi connectivity index (χ1v) is 5.25. The third-order valence-corrected chi connectivity index (χ3v) is 2.88. The highest BCUT2D eigenvalue weighted by atomic mass is 16.1. The third-order valence-electron chi connectivity index (χ3n) is 2.88. The van der Waals surface area contributed by atoms with E-state index in [1.54, 1.807) is 12.3 Å². The Morgan fingerprint density at radius 3 is 3.00 bits per heavy atom. The highest BCUT2D eigenvalue weighted by Gasteiger charge is 2.18. The number of rotatable bonds is 3. The van der Waals surface area contributed by atoms with Gasteiger partial charge in [-0.05, 0) is 24.8 Å². The first kappa shape index (κ1) is 9.96. The molecule has 0 bridgehead atoms. The van der Waals surface area contributed by atoms with Gasteiger partial charge in [0.15, 0.2) is 0 Å². The summed E-state index contributed by atoms with van der Waals surface area (Å²) in [6.07, 6.45) is 6.82. The van der Waals surface area contributed by atoms with Gasteiger partial charge < -0.3 is 11.1 Å². The Hall–Kier alpha value is -1.58. The minimum absolute atomic E-state index is 0.118. The molecule has 1 aromatic rings. The van der Waals surface area contributed by atoms with Crippen molar-refractivity contribution < 1.29 is 4.79 Å². The van der Waals surface area contributed by atoms with Crippen LogP contribution in [0.1, 0.15) is 29.6 Å². The van der Waals surface area contributed by atoms with Crippen LogP contribution in [-0.4, -0.2) is 17.4 Å². The Balaban J connectivity index is 1.92. The van der Waals surface area contributed by atoms with Gasteiger partial charge in [0.05, 0.1) is 5.56 Å². The van der Waals surface area contributed by atoms with Crippen molar-refractivity contribution in [3.8, 4) is 0 Å². The zero-order chi connectivity index (χ0) is 10.7. The minimum atomic E-state index is -0.118. The molecule has 1 heterocycles. The average Bonchev–Trinajstić information content (AvgIpc) is 2.16. The fourth-order valence-electron chi connectivity index (χ4n) is 1.62. The van der Waals surface area contributed by atoms with Crippen molar-refractivity contribution >= 4 is 11.6 Å². The van der Waals surface area contributed by atoms with E-state index in [0.717, 1.165) is 6.54 Å². The predicted octanol–water partition coefficient (Wildman–Crippen LogP) is 1.19. The molecule has 3 N–H and O–H groups in total. The van der Waals surface area contributed by atoms with Crippen molar-refractivity contribution in [2.75, 3.05) is 12.3 Å². The third kappa shape index (κ3) is 2.26. The first-order valence-electron chi connectivity index (χ1n) is 5.25. The second-order valence-electron chi connectivity index (χ2n) is 3.97. The summed E-state index contributed by atoms with van der Waals surface area (Å²) in [4.78, 5) is 15.6. The van der Waals surface area contributed by atoms with E-state index in [2.05, 4.69) is 10.3 Å². The van der Waals surface area contributed by atoms with Crippen LogP contribution in [0.2, 0.25) is 0 Å². The van der Waals surface area contributed by atoms with Gasteiger partial charge in [0.1, 0.15) is 0 Å². The van der Waals surface area contributed by atoms with Gasteiger partial charge in [-0.25, -0.2) is 0 Å². The number of pyridine rings is 1. The number of nitrogens with one attached hydrogen (secondary N) is 1. The molecule has 1 aromatic heterocycles. The number of carbonyl (C=O) groups is 1. The minimum Gasteiger partial charge on any atom is -0.398 e. The lowest BCUT2D eigenvalue weighted by atomic mass is 9.85. The second-order valence-corrected chi connectivity index (χ2v) is 3.97. The fourth-order valence-corrected chi connectivity index (χ4v) is 1.62. The monoisotopic (exact) mass is 205 g/mol. The van der Waals surface area contributed by atoms with Gasteiger partial charge in [-0.3, -0.25) is 9.78 Å². The SMILES string of the molecule is Nc1ccncc1C(=O)NCC1CCC1. The first-order chi connectivity index (χ1) is 7.27. The maximum atomic E-state index is 11.7. The van der Waals surface area contributed by atoms with E-state index in [1.807, 2.05) is 0 Å². The van der Waals surface area contributed by atoms with Crippen LogP contribution >= 0.6 is 0 Å². The molecule has 1 saturated carbocycles. The Morgan fingerprint density at radius 1 is 1.60 bits per heavy atom. The maximum Gasteiger partial charge on any atom is 0.254 e. The van der Waals surface area contributed by atoms with Crippen LogP contribution in [-0.2, 0) is 0 Å². The van der Waals surface area contributed by atoms with Crippen LogP contribution < -0.4 is 11.1 Å². The lowest BCUT2D eigenvalue weighted by Crippen LogP contribution is -2.32. The van der Waals surface area contributed by atoms with Crippen molar-refractivity contribution in [2.24, 2.45) is 5.92 Å². The highest BCUT2D eigenvalue weighted by molar-refractivity contribution is 5.98. The van der Waals surface area contributed by atoms with Crippen molar-refractivity contribution in [1.82, 2.24) is 10.3 Å². The van der Waals surface area contributed by atoms with E-state index >= 15 is 0 Å². The predicted molar refractivity (Wildman–Crippen MR) is 58.3 cm³/mol. The van der Waals surface area contributed by atoms with Crippen LogP contribution in [0.3, 0.4) is 0 Å². The van der Waals surface area contributed by atoms with Crippen molar-refractivity contribution in [2.45, 2.75) is 19.3 Å². The molecule has 0 atom stereocenters. The zero-order valence-corrected chi connectivity index (χ0v) is 8.57. The van der Waals surface area contributed by atoms with Crippen molar-refractivity contribution in [3.63, 3.8) is 0 Å². The van der Waals surface area contributed by atoms with Crippen LogP contribution in [0, 0.1) is 5.92 Å². The quantitative estimate of drug-likeness (QED) is 0.779. The molecule has 0 aliphatic heterocycles. The molecule has 4 heteroatoms. The Morgan fingerprint density at radius 2 is 2.40 bits per heavy atom. The summed E-state index contributed by atoms with van der Waals surface area (Å²) >= 11 is 0. The molecule has 15 heavy (non-hydrogen) atoms. The molecule has 0 spiro atoms.